The molecular formula is C19H24N6O. The molecule has 1 aliphatic carbocycles. The summed E-state index contributed by atoms with van der Waals surface area (Å²) < 4.78 is 0. The molecule has 7 heteroatoms. The van der Waals surface area contributed by atoms with Gasteiger partial charge in [-0.2, -0.15) is 0 Å². The highest BCUT2D eigenvalue weighted by Gasteiger charge is 2.45. The van der Waals surface area contributed by atoms with Gasteiger partial charge in [-0.15, -0.1) is 0 Å². The predicted octanol–water partition coefficient (Wildman–Crippen LogP) is 1.64. The lowest BCUT2D eigenvalue weighted by Crippen LogP contribution is -2.48. The SMILES string of the molecule is CN(C)c1ncc2c(n1)C1(CCCN(C(=O)c3ccc(N)nc3)C1)CC2. The number of likely N-dealkylation sites (tertiary alicyclic amines) is 1. The molecule has 7 nitrogen and oxygen atoms in total. The minimum atomic E-state index is -0.0574. The van der Waals surface area contributed by atoms with E-state index in [1.807, 2.05) is 30.1 Å². The van der Waals surface area contributed by atoms with Crippen molar-refractivity contribution >= 4 is 17.7 Å². The van der Waals surface area contributed by atoms with Crippen molar-refractivity contribution in [3.05, 3.63) is 41.3 Å². The van der Waals surface area contributed by atoms with E-state index in [0.717, 1.165) is 43.9 Å². The monoisotopic (exact) mass is 352 g/mol. The van der Waals surface area contributed by atoms with Gasteiger partial charge in [0.2, 0.25) is 5.95 Å². The van der Waals surface area contributed by atoms with Gasteiger partial charge in [-0.25, -0.2) is 15.0 Å². The van der Waals surface area contributed by atoms with Gasteiger partial charge >= 0.3 is 0 Å². The molecule has 1 amide bonds. The van der Waals surface area contributed by atoms with Gasteiger partial charge in [0.05, 0.1) is 11.3 Å². The largest absolute Gasteiger partial charge is 0.384 e. The highest BCUT2D eigenvalue weighted by molar-refractivity contribution is 5.94. The van der Waals surface area contributed by atoms with Gasteiger partial charge in [0.25, 0.3) is 5.91 Å². The number of piperidine rings is 1. The number of anilines is 2. The molecule has 1 unspecified atom stereocenters. The molecule has 1 aliphatic heterocycles. The normalized spacial score (nSPS) is 21.7. The molecule has 1 saturated heterocycles. The number of aryl methyl sites for hydroxylation is 1. The topological polar surface area (TPSA) is 88.2 Å². The number of fused-ring (bicyclic) bond motifs is 2. The number of carbonyl (C=O) groups is 1. The minimum absolute atomic E-state index is 0.0203. The Hall–Kier alpha value is -2.70. The smallest absolute Gasteiger partial charge is 0.255 e. The van der Waals surface area contributed by atoms with Crippen molar-refractivity contribution in [2.45, 2.75) is 31.1 Å². The zero-order valence-electron chi connectivity index (χ0n) is 15.3. The number of nitrogens with zero attached hydrogens (tertiary/aromatic N) is 5. The van der Waals surface area contributed by atoms with Crippen molar-refractivity contribution in [3.63, 3.8) is 0 Å². The Bertz CT molecular complexity index is 830. The van der Waals surface area contributed by atoms with Crippen LogP contribution in [0.3, 0.4) is 0 Å². The molecule has 0 saturated carbocycles. The average Bonchev–Trinajstić information content (AvgIpc) is 2.99. The highest BCUT2D eigenvalue weighted by Crippen LogP contribution is 2.44. The van der Waals surface area contributed by atoms with Crippen LogP contribution in [0.2, 0.25) is 0 Å². The van der Waals surface area contributed by atoms with Gasteiger partial charge in [0.1, 0.15) is 5.82 Å². The first kappa shape index (κ1) is 16.8. The standard InChI is InChI=1S/C19H24N6O/c1-24(2)18-22-10-13-6-8-19(16(13)23-18)7-3-9-25(12-19)17(26)14-4-5-15(20)21-11-14/h4-5,10-11H,3,6-9,12H2,1-2H3,(H2,20,21). The maximum atomic E-state index is 12.9. The average molecular weight is 352 g/mol. The summed E-state index contributed by atoms with van der Waals surface area (Å²) in [6.45, 7) is 1.47. The molecule has 3 heterocycles. The fourth-order valence-electron chi connectivity index (χ4n) is 4.16. The van der Waals surface area contributed by atoms with E-state index in [1.165, 1.54) is 5.56 Å². The first-order valence-corrected chi connectivity index (χ1v) is 9.03. The van der Waals surface area contributed by atoms with Crippen molar-refractivity contribution in [2.24, 2.45) is 0 Å². The molecule has 4 rings (SSSR count). The quantitative estimate of drug-likeness (QED) is 0.884. The Morgan fingerprint density at radius 1 is 1.23 bits per heavy atom. The summed E-state index contributed by atoms with van der Waals surface area (Å²) in [6, 6.07) is 3.43. The second kappa shape index (κ2) is 6.23. The Morgan fingerprint density at radius 2 is 2.08 bits per heavy atom. The van der Waals surface area contributed by atoms with Crippen molar-refractivity contribution in [1.82, 2.24) is 19.9 Å². The maximum absolute atomic E-state index is 12.9. The van der Waals surface area contributed by atoms with Gasteiger partial charge in [-0.1, -0.05) is 0 Å². The van der Waals surface area contributed by atoms with Crippen LogP contribution in [0.1, 0.15) is 40.9 Å². The van der Waals surface area contributed by atoms with E-state index in [9.17, 15) is 4.79 Å². The van der Waals surface area contributed by atoms with Crippen LogP contribution in [0.25, 0.3) is 0 Å². The summed E-state index contributed by atoms with van der Waals surface area (Å²) in [6.07, 6.45) is 7.57. The Balaban J connectivity index is 1.63. The molecule has 1 fully saturated rings. The van der Waals surface area contributed by atoms with Crippen molar-refractivity contribution in [1.29, 1.82) is 0 Å². The van der Waals surface area contributed by atoms with E-state index in [0.29, 0.717) is 17.9 Å². The van der Waals surface area contributed by atoms with E-state index in [4.69, 9.17) is 10.7 Å². The lowest BCUT2D eigenvalue weighted by molar-refractivity contribution is 0.0633. The van der Waals surface area contributed by atoms with Crippen LogP contribution in [-0.2, 0) is 11.8 Å². The second-order valence-electron chi connectivity index (χ2n) is 7.52. The molecular weight excluding hydrogens is 328 g/mol. The third-order valence-corrected chi connectivity index (χ3v) is 5.52. The highest BCUT2D eigenvalue weighted by atomic mass is 16.2. The van der Waals surface area contributed by atoms with Gasteiger partial charge in [0.15, 0.2) is 0 Å². The third kappa shape index (κ3) is 2.77. The van der Waals surface area contributed by atoms with Gasteiger partial charge in [0, 0.05) is 45.0 Å². The predicted molar refractivity (Wildman–Crippen MR) is 100 cm³/mol. The van der Waals surface area contributed by atoms with E-state index in [-0.39, 0.29) is 11.3 Å². The summed E-state index contributed by atoms with van der Waals surface area (Å²) in [5.74, 6) is 1.18. The molecule has 2 N–H and O–H groups in total. The Morgan fingerprint density at radius 3 is 2.81 bits per heavy atom. The number of nitrogens with two attached hydrogens (primary N) is 1. The maximum Gasteiger partial charge on any atom is 0.255 e. The molecule has 0 aromatic carbocycles. The van der Waals surface area contributed by atoms with E-state index in [2.05, 4.69) is 9.97 Å². The fourth-order valence-corrected chi connectivity index (χ4v) is 4.16. The fraction of sp³-hybridized carbons (Fsp3) is 0.474. The van der Waals surface area contributed by atoms with Gasteiger partial charge in [-0.05, 0) is 43.4 Å². The van der Waals surface area contributed by atoms with Crippen LogP contribution >= 0.6 is 0 Å². The number of carbonyl (C=O) groups excluding carboxylic acids is 1. The minimum Gasteiger partial charge on any atom is -0.384 e. The number of aromatic nitrogens is 3. The molecule has 136 valence electrons. The first-order valence-electron chi connectivity index (χ1n) is 9.03. The molecule has 2 aliphatic rings. The van der Waals surface area contributed by atoms with Crippen molar-refractivity contribution < 1.29 is 4.79 Å². The third-order valence-electron chi connectivity index (χ3n) is 5.52. The molecule has 0 radical (unpaired) electrons. The number of amides is 1. The Kier molecular flexibility index (Phi) is 4.01. The van der Waals surface area contributed by atoms with Crippen LogP contribution in [0, 0.1) is 0 Å². The van der Waals surface area contributed by atoms with Crippen molar-refractivity contribution in [3.8, 4) is 0 Å². The molecule has 2 aromatic rings. The number of hydrogen-bond donors (Lipinski definition) is 1. The van der Waals surface area contributed by atoms with Gasteiger partial charge in [-0.3, -0.25) is 4.79 Å². The lowest BCUT2D eigenvalue weighted by atomic mass is 9.77. The van der Waals surface area contributed by atoms with Crippen LogP contribution in [-0.4, -0.2) is 52.9 Å². The molecule has 1 atom stereocenters. The summed E-state index contributed by atoms with van der Waals surface area (Å²) in [5, 5.41) is 0. The van der Waals surface area contributed by atoms with Crippen molar-refractivity contribution in [2.75, 3.05) is 37.8 Å². The summed E-state index contributed by atoms with van der Waals surface area (Å²) in [5.41, 5.74) is 8.52. The van der Waals surface area contributed by atoms with Crippen LogP contribution in [0.4, 0.5) is 11.8 Å². The lowest BCUT2D eigenvalue weighted by Gasteiger charge is -2.40. The van der Waals surface area contributed by atoms with Crippen LogP contribution in [0.15, 0.2) is 24.5 Å². The number of hydrogen-bond acceptors (Lipinski definition) is 6. The number of nitrogen functional groups attached to an aromatic ring is 1. The Labute approximate surface area is 153 Å². The van der Waals surface area contributed by atoms with Crippen LogP contribution in [0.5, 0.6) is 0 Å². The van der Waals surface area contributed by atoms with Crippen LogP contribution < -0.4 is 10.6 Å². The van der Waals surface area contributed by atoms with E-state index < -0.39 is 0 Å². The second-order valence-corrected chi connectivity index (χ2v) is 7.52. The van der Waals surface area contributed by atoms with E-state index >= 15 is 0 Å². The molecule has 2 aromatic heterocycles. The van der Waals surface area contributed by atoms with E-state index in [1.54, 1.807) is 18.3 Å². The molecule has 1 spiro atoms. The summed E-state index contributed by atoms with van der Waals surface area (Å²) in [4.78, 5) is 30.2. The number of rotatable bonds is 2. The molecule has 0 bridgehead atoms. The summed E-state index contributed by atoms with van der Waals surface area (Å²) >= 11 is 0. The van der Waals surface area contributed by atoms with Gasteiger partial charge < -0.3 is 15.5 Å². The summed E-state index contributed by atoms with van der Waals surface area (Å²) in [7, 11) is 3.91. The zero-order chi connectivity index (χ0) is 18.3. The molecule has 26 heavy (non-hydrogen) atoms. The first-order chi connectivity index (χ1) is 12.5. The number of pyridine rings is 1. The zero-order valence-corrected chi connectivity index (χ0v) is 15.3.